The Morgan fingerprint density at radius 1 is 1.33 bits per heavy atom. The monoisotopic (exact) mass is 169 g/mol. The van der Waals surface area contributed by atoms with Crippen molar-refractivity contribution in [2.75, 3.05) is 14.1 Å². The molecular weight excluding hydrogens is 150 g/mol. The van der Waals surface area contributed by atoms with Crippen LogP contribution in [-0.2, 0) is 0 Å². The minimum absolute atomic E-state index is 0.362. The van der Waals surface area contributed by atoms with E-state index in [1.165, 1.54) is 0 Å². The quantitative estimate of drug-likeness (QED) is 0.593. The third kappa shape index (κ3) is 2.13. The van der Waals surface area contributed by atoms with Crippen LogP contribution in [0.4, 0.5) is 0 Å². The number of nitrogens with zero attached hydrogens (tertiary/aromatic N) is 3. The molecule has 3 heteroatoms. The van der Waals surface area contributed by atoms with Crippen molar-refractivity contribution in [3.63, 3.8) is 0 Å². The molecule has 0 amide bonds. The summed E-state index contributed by atoms with van der Waals surface area (Å²) in [6, 6.07) is 0. The lowest BCUT2D eigenvalue weighted by atomic mass is 9.90. The molecule has 1 rings (SSSR count). The van der Waals surface area contributed by atoms with Crippen molar-refractivity contribution in [1.82, 2.24) is 9.91 Å². The van der Waals surface area contributed by atoms with Gasteiger partial charge in [0.25, 0.3) is 0 Å². The second kappa shape index (κ2) is 2.96. The van der Waals surface area contributed by atoms with Crippen molar-refractivity contribution in [1.29, 1.82) is 0 Å². The van der Waals surface area contributed by atoms with Gasteiger partial charge in [0, 0.05) is 14.1 Å². The second-order valence-electron chi connectivity index (χ2n) is 4.72. The maximum atomic E-state index is 4.22. The van der Waals surface area contributed by atoms with Crippen LogP contribution >= 0.6 is 0 Å². The average molecular weight is 169 g/mol. The van der Waals surface area contributed by atoms with Crippen LogP contribution in [0.5, 0.6) is 0 Å². The summed E-state index contributed by atoms with van der Waals surface area (Å²) in [6.45, 7) is 6.77. The Balaban J connectivity index is 2.53. The van der Waals surface area contributed by atoms with E-state index in [1.807, 2.05) is 18.4 Å². The van der Waals surface area contributed by atoms with E-state index in [0.717, 1.165) is 6.42 Å². The van der Waals surface area contributed by atoms with E-state index in [4.69, 9.17) is 0 Å². The Labute approximate surface area is 75.0 Å². The highest BCUT2D eigenvalue weighted by Gasteiger charge is 2.26. The van der Waals surface area contributed by atoms with Gasteiger partial charge in [-0.2, -0.15) is 5.10 Å². The molecule has 1 aliphatic rings. The Kier molecular flexibility index (Phi) is 2.31. The maximum Gasteiger partial charge on any atom is 0.119 e. The molecule has 1 unspecified atom stereocenters. The first-order valence-electron chi connectivity index (χ1n) is 4.39. The van der Waals surface area contributed by atoms with Crippen LogP contribution in [0.2, 0.25) is 0 Å². The Bertz CT molecular complexity index is 169. The summed E-state index contributed by atoms with van der Waals surface area (Å²) in [7, 11) is 4.10. The van der Waals surface area contributed by atoms with Gasteiger partial charge in [0.1, 0.15) is 12.5 Å². The molecule has 1 heterocycles. The topological polar surface area (TPSA) is 18.8 Å². The van der Waals surface area contributed by atoms with E-state index in [2.05, 4.69) is 37.8 Å². The normalized spacial score (nSPS) is 23.9. The number of rotatable bonds is 1. The van der Waals surface area contributed by atoms with Crippen molar-refractivity contribution in [2.45, 2.75) is 33.4 Å². The van der Waals surface area contributed by atoms with E-state index >= 15 is 0 Å². The lowest BCUT2D eigenvalue weighted by Crippen LogP contribution is -2.38. The zero-order valence-corrected chi connectivity index (χ0v) is 8.70. The highest BCUT2D eigenvalue weighted by molar-refractivity contribution is 5.56. The number of hydrogen-bond acceptors (Lipinski definition) is 3. The smallest absolute Gasteiger partial charge is 0.119 e. The van der Waals surface area contributed by atoms with E-state index in [1.54, 1.807) is 0 Å². The summed E-state index contributed by atoms with van der Waals surface area (Å²) in [6.07, 6.45) is 3.46. The van der Waals surface area contributed by atoms with Crippen LogP contribution in [0.25, 0.3) is 0 Å². The number of hydrogen-bond donors (Lipinski definition) is 0. The molecule has 1 atom stereocenters. The van der Waals surface area contributed by atoms with Crippen LogP contribution in [0.3, 0.4) is 0 Å². The minimum Gasteiger partial charge on any atom is -0.343 e. The molecule has 0 saturated carbocycles. The van der Waals surface area contributed by atoms with Gasteiger partial charge >= 0.3 is 0 Å². The molecule has 0 N–H and O–H groups in total. The standard InChI is InChI=1S/C9H19N3/c1-9(2,3)6-8-11(4)7-10-12(8)5/h7-8H,6H2,1-5H3. The lowest BCUT2D eigenvalue weighted by Gasteiger charge is -2.31. The molecule has 0 aromatic heterocycles. The summed E-state index contributed by atoms with van der Waals surface area (Å²) in [5.41, 5.74) is 0.362. The summed E-state index contributed by atoms with van der Waals surface area (Å²) in [4.78, 5) is 2.16. The van der Waals surface area contributed by atoms with Crippen LogP contribution in [0.15, 0.2) is 5.10 Å². The highest BCUT2D eigenvalue weighted by atomic mass is 15.6. The van der Waals surface area contributed by atoms with Gasteiger partial charge in [-0.05, 0) is 11.8 Å². The predicted molar refractivity (Wildman–Crippen MR) is 51.9 cm³/mol. The molecule has 0 aromatic rings. The van der Waals surface area contributed by atoms with Crippen molar-refractivity contribution < 1.29 is 0 Å². The fourth-order valence-electron chi connectivity index (χ4n) is 1.40. The predicted octanol–water partition coefficient (Wildman–Crippen LogP) is 1.57. The van der Waals surface area contributed by atoms with E-state index in [9.17, 15) is 0 Å². The van der Waals surface area contributed by atoms with Crippen LogP contribution in [0.1, 0.15) is 27.2 Å². The van der Waals surface area contributed by atoms with Crippen LogP contribution in [0, 0.1) is 5.41 Å². The summed E-state index contributed by atoms with van der Waals surface area (Å²) in [5.74, 6) is 0. The van der Waals surface area contributed by atoms with Crippen molar-refractivity contribution in [2.24, 2.45) is 10.5 Å². The maximum absolute atomic E-state index is 4.22. The SMILES string of the molecule is CN1C=NN(C)C1CC(C)(C)C. The molecule has 0 radical (unpaired) electrons. The van der Waals surface area contributed by atoms with E-state index < -0.39 is 0 Å². The largest absolute Gasteiger partial charge is 0.343 e. The third-order valence-corrected chi connectivity index (χ3v) is 2.11. The molecule has 3 nitrogen and oxygen atoms in total. The third-order valence-electron chi connectivity index (χ3n) is 2.11. The first-order valence-corrected chi connectivity index (χ1v) is 4.39. The summed E-state index contributed by atoms with van der Waals surface area (Å²) in [5, 5.41) is 6.24. The van der Waals surface area contributed by atoms with Crippen molar-refractivity contribution >= 4 is 6.34 Å². The molecule has 0 bridgehead atoms. The Hall–Kier alpha value is -0.730. The molecule has 1 aliphatic heterocycles. The van der Waals surface area contributed by atoms with Crippen LogP contribution in [-0.4, -0.2) is 36.5 Å². The molecule has 0 spiro atoms. The molecule has 0 saturated heterocycles. The van der Waals surface area contributed by atoms with Crippen LogP contribution < -0.4 is 0 Å². The number of hydrazone groups is 1. The zero-order valence-electron chi connectivity index (χ0n) is 8.70. The molecule has 12 heavy (non-hydrogen) atoms. The van der Waals surface area contributed by atoms with Gasteiger partial charge in [0.2, 0.25) is 0 Å². The first-order chi connectivity index (χ1) is 5.40. The average Bonchev–Trinajstić information content (AvgIpc) is 2.16. The van der Waals surface area contributed by atoms with Gasteiger partial charge in [-0.15, -0.1) is 0 Å². The molecule has 0 aromatic carbocycles. The molecule has 0 fully saturated rings. The van der Waals surface area contributed by atoms with E-state index in [0.29, 0.717) is 11.6 Å². The fraction of sp³-hybridized carbons (Fsp3) is 0.889. The fourth-order valence-corrected chi connectivity index (χ4v) is 1.40. The summed E-state index contributed by atoms with van der Waals surface area (Å²) >= 11 is 0. The van der Waals surface area contributed by atoms with Gasteiger partial charge in [0.05, 0.1) is 0 Å². The van der Waals surface area contributed by atoms with Gasteiger partial charge < -0.3 is 4.90 Å². The molecular formula is C9H19N3. The molecule has 0 aliphatic carbocycles. The van der Waals surface area contributed by atoms with Gasteiger partial charge in [-0.25, -0.2) is 0 Å². The van der Waals surface area contributed by atoms with Gasteiger partial charge in [0.15, 0.2) is 0 Å². The minimum atomic E-state index is 0.362. The second-order valence-corrected chi connectivity index (χ2v) is 4.72. The highest BCUT2D eigenvalue weighted by Crippen LogP contribution is 2.25. The van der Waals surface area contributed by atoms with Crippen molar-refractivity contribution in [3.8, 4) is 0 Å². The van der Waals surface area contributed by atoms with Gasteiger partial charge in [-0.3, -0.25) is 5.01 Å². The van der Waals surface area contributed by atoms with Crippen molar-refractivity contribution in [3.05, 3.63) is 0 Å². The first kappa shape index (κ1) is 9.36. The lowest BCUT2D eigenvalue weighted by molar-refractivity contribution is 0.126. The summed E-state index contributed by atoms with van der Waals surface area (Å²) < 4.78 is 0. The van der Waals surface area contributed by atoms with Gasteiger partial charge in [-0.1, -0.05) is 20.8 Å². The van der Waals surface area contributed by atoms with E-state index in [-0.39, 0.29) is 0 Å². The Morgan fingerprint density at radius 3 is 2.25 bits per heavy atom. The zero-order chi connectivity index (χ0) is 9.35. The molecule has 70 valence electrons. The Morgan fingerprint density at radius 2 is 1.92 bits per heavy atom.